The number of hydrogen-bond donors (Lipinski definition) is 2. The van der Waals surface area contributed by atoms with Gasteiger partial charge in [-0.15, -0.1) is 11.3 Å². The fraction of sp³-hybridized carbons (Fsp3) is 0.538. The average Bonchev–Trinajstić information content (AvgIpc) is 2.77. The van der Waals surface area contributed by atoms with Gasteiger partial charge in [-0.3, -0.25) is 9.59 Å². The van der Waals surface area contributed by atoms with E-state index in [4.69, 9.17) is 0 Å². The van der Waals surface area contributed by atoms with E-state index >= 15 is 0 Å². The van der Waals surface area contributed by atoms with Gasteiger partial charge in [0.15, 0.2) is 0 Å². The SMILES string of the molecule is O=C(NC1CCCCCC1C(=O)O)c1cccs1. The van der Waals surface area contributed by atoms with Crippen molar-refractivity contribution in [1.29, 1.82) is 0 Å². The molecule has 1 aliphatic rings. The van der Waals surface area contributed by atoms with Gasteiger partial charge in [0.25, 0.3) is 5.91 Å². The van der Waals surface area contributed by atoms with Crippen molar-refractivity contribution in [3.05, 3.63) is 22.4 Å². The summed E-state index contributed by atoms with van der Waals surface area (Å²) in [6.45, 7) is 0. The van der Waals surface area contributed by atoms with Crippen LogP contribution in [0.5, 0.6) is 0 Å². The molecule has 2 rings (SSSR count). The summed E-state index contributed by atoms with van der Waals surface area (Å²) in [6, 6.07) is 3.34. The van der Waals surface area contributed by atoms with Gasteiger partial charge in [0.1, 0.15) is 0 Å². The quantitative estimate of drug-likeness (QED) is 0.827. The molecule has 1 amide bonds. The van der Waals surface area contributed by atoms with Crippen LogP contribution in [-0.4, -0.2) is 23.0 Å². The molecular weight excluding hydrogens is 250 g/mol. The standard InChI is InChI=1S/C13H17NO3S/c15-12(11-7-4-8-18-11)14-10-6-3-1-2-5-9(10)13(16)17/h4,7-10H,1-3,5-6H2,(H,14,15)(H,16,17). The first-order valence-electron chi connectivity index (χ1n) is 6.25. The Labute approximate surface area is 110 Å². The third-order valence-corrected chi connectivity index (χ3v) is 4.26. The molecule has 1 aromatic heterocycles. The molecule has 0 aromatic carbocycles. The number of amides is 1. The average molecular weight is 267 g/mol. The summed E-state index contributed by atoms with van der Waals surface area (Å²) in [7, 11) is 0. The van der Waals surface area contributed by atoms with Gasteiger partial charge in [0.05, 0.1) is 10.8 Å². The molecule has 1 saturated carbocycles. The molecule has 4 nitrogen and oxygen atoms in total. The fourth-order valence-corrected chi connectivity index (χ4v) is 3.05. The molecule has 2 N–H and O–H groups in total. The third-order valence-electron chi connectivity index (χ3n) is 3.39. The number of rotatable bonds is 3. The molecule has 1 aliphatic carbocycles. The minimum Gasteiger partial charge on any atom is -0.481 e. The second kappa shape index (κ2) is 6.00. The predicted octanol–water partition coefficient (Wildman–Crippen LogP) is 2.51. The number of nitrogens with one attached hydrogen (secondary N) is 1. The lowest BCUT2D eigenvalue weighted by Crippen LogP contribution is -2.42. The van der Waals surface area contributed by atoms with Crippen LogP contribution in [0.2, 0.25) is 0 Å². The largest absolute Gasteiger partial charge is 0.481 e. The summed E-state index contributed by atoms with van der Waals surface area (Å²) in [5.41, 5.74) is 0. The minimum absolute atomic E-state index is 0.150. The Kier molecular flexibility index (Phi) is 4.36. The van der Waals surface area contributed by atoms with Crippen LogP contribution >= 0.6 is 11.3 Å². The monoisotopic (exact) mass is 267 g/mol. The fourth-order valence-electron chi connectivity index (χ4n) is 2.42. The Morgan fingerprint density at radius 1 is 1.28 bits per heavy atom. The topological polar surface area (TPSA) is 66.4 Å². The maximum Gasteiger partial charge on any atom is 0.308 e. The lowest BCUT2D eigenvalue weighted by molar-refractivity contribution is -0.142. The Hall–Kier alpha value is -1.36. The van der Waals surface area contributed by atoms with Gasteiger partial charge in [-0.2, -0.15) is 0 Å². The van der Waals surface area contributed by atoms with Crippen LogP contribution in [0, 0.1) is 5.92 Å². The van der Waals surface area contributed by atoms with E-state index < -0.39 is 11.9 Å². The number of carbonyl (C=O) groups is 2. The summed E-state index contributed by atoms with van der Waals surface area (Å²) in [5.74, 6) is -1.40. The van der Waals surface area contributed by atoms with E-state index in [9.17, 15) is 14.7 Å². The highest BCUT2D eigenvalue weighted by molar-refractivity contribution is 7.12. The highest BCUT2D eigenvalue weighted by Gasteiger charge is 2.30. The van der Waals surface area contributed by atoms with Crippen LogP contribution in [-0.2, 0) is 4.79 Å². The molecule has 0 saturated heterocycles. The molecule has 0 spiro atoms. The summed E-state index contributed by atoms with van der Waals surface area (Å²) in [5, 5.41) is 14.0. The Morgan fingerprint density at radius 3 is 2.72 bits per heavy atom. The maximum absolute atomic E-state index is 12.0. The van der Waals surface area contributed by atoms with Gasteiger partial charge in [0, 0.05) is 6.04 Å². The van der Waals surface area contributed by atoms with Crippen molar-refractivity contribution in [3.63, 3.8) is 0 Å². The van der Waals surface area contributed by atoms with E-state index in [1.807, 2.05) is 11.4 Å². The van der Waals surface area contributed by atoms with E-state index in [0.717, 1.165) is 25.7 Å². The third kappa shape index (κ3) is 3.10. The molecule has 2 unspecified atom stereocenters. The van der Waals surface area contributed by atoms with Crippen LogP contribution in [0.1, 0.15) is 41.8 Å². The lowest BCUT2D eigenvalue weighted by atomic mass is 9.95. The predicted molar refractivity (Wildman–Crippen MR) is 69.8 cm³/mol. The highest BCUT2D eigenvalue weighted by atomic mass is 32.1. The summed E-state index contributed by atoms with van der Waals surface area (Å²) in [6.07, 6.45) is 4.38. The Morgan fingerprint density at radius 2 is 2.06 bits per heavy atom. The van der Waals surface area contributed by atoms with Crippen molar-refractivity contribution in [2.45, 2.75) is 38.1 Å². The first-order valence-corrected chi connectivity index (χ1v) is 7.13. The van der Waals surface area contributed by atoms with Crippen LogP contribution in [0.25, 0.3) is 0 Å². The number of carboxylic acid groups (broad SMARTS) is 1. The highest BCUT2D eigenvalue weighted by Crippen LogP contribution is 2.24. The second-order valence-corrected chi connectivity index (χ2v) is 5.59. The minimum atomic E-state index is -0.798. The molecule has 18 heavy (non-hydrogen) atoms. The van der Waals surface area contributed by atoms with Gasteiger partial charge < -0.3 is 10.4 Å². The first-order chi connectivity index (χ1) is 8.68. The van der Waals surface area contributed by atoms with Crippen molar-refractivity contribution in [1.82, 2.24) is 5.32 Å². The van der Waals surface area contributed by atoms with Gasteiger partial charge >= 0.3 is 5.97 Å². The van der Waals surface area contributed by atoms with E-state index in [-0.39, 0.29) is 11.9 Å². The molecule has 1 aromatic rings. The molecule has 0 aliphatic heterocycles. The molecule has 1 fully saturated rings. The molecular formula is C13H17NO3S. The lowest BCUT2D eigenvalue weighted by Gasteiger charge is -2.22. The van der Waals surface area contributed by atoms with Crippen LogP contribution in [0.15, 0.2) is 17.5 Å². The second-order valence-electron chi connectivity index (χ2n) is 4.64. The van der Waals surface area contributed by atoms with Gasteiger partial charge in [-0.05, 0) is 24.3 Å². The van der Waals surface area contributed by atoms with Gasteiger partial charge in [-0.1, -0.05) is 25.3 Å². The Bertz CT molecular complexity index is 416. The Balaban J connectivity index is 2.04. The van der Waals surface area contributed by atoms with E-state index in [1.165, 1.54) is 11.3 Å². The zero-order chi connectivity index (χ0) is 13.0. The van der Waals surface area contributed by atoms with Crippen LogP contribution < -0.4 is 5.32 Å². The zero-order valence-electron chi connectivity index (χ0n) is 10.1. The van der Waals surface area contributed by atoms with Crippen molar-refractivity contribution >= 4 is 23.2 Å². The van der Waals surface area contributed by atoms with Crippen molar-refractivity contribution in [2.24, 2.45) is 5.92 Å². The van der Waals surface area contributed by atoms with Crippen molar-refractivity contribution in [3.8, 4) is 0 Å². The molecule has 0 bridgehead atoms. The normalized spacial score (nSPS) is 24.2. The molecule has 98 valence electrons. The van der Waals surface area contributed by atoms with E-state index in [2.05, 4.69) is 5.32 Å². The number of carbonyl (C=O) groups excluding carboxylic acids is 1. The molecule has 1 heterocycles. The summed E-state index contributed by atoms with van der Waals surface area (Å²) >= 11 is 1.37. The smallest absolute Gasteiger partial charge is 0.308 e. The maximum atomic E-state index is 12.0. The number of carboxylic acids is 1. The van der Waals surface area contributed by atoms with Crippen LogP contribution in [0.4, 0.5) is 0 Å². The van der Waals surface area contributed by atoms with E-state index in [1.54, 1.807) is 6.07 Å². The number of aliphatic carboxylic acids is 1. The van der Waals surface area contributed by atoms with Crippen molar-refractivity contribution in [2.75, 3.05) is 0 Å². The molecule has 2 atom stereocenters. The van der Waals surface area contributed by atoms with Crippen LogP contribution in [0.3, 0.4) is 0 Å². The molecule has 5 heteroatoms. The van der Waals surface area contributed by atoms with E-state index in [0.29, 0.717) is 11.3 Å². The molecule has 0 radical (unpaired) electrons. The van der Waals surface area contributed by atoms with Gasteiger partial charge in [0.2, 0.25) is 0 Å². The zero-order valence-corrected chi connectivity index (χ0v) is 10.9. The first kappa shape index (κ1) is 13.1. The van der Waals surface area contributed by atoms with Crippen molar-refractivity contribution < 1.29 is 14.7 Å². The number of thiophene rings is 1. The number of hydrogen-bond acceptors (Lipinski definition) is 3. The summed E-state index contributed by atoms with van der Waals surface area (Å²) < 4.78 is 0. The van der Waals surface area contributed by atoms with Gasteiger partial charge in [-0.25, -0.2) is 0 Å². The summed E-state index contributed by atoms with van der Waals surface area (Å²) in [4.78, 5) is 23.8.